The third kappa shape index (κ3) is 2.14. The zero-order chi connectivity index (χ0) is 12.5. The van der Waals surface area contributed by atoms with Gasteiger partial charge in [-0.05, 0) is 24.4 Å². The summed E-state index contributed by atoms with van der Waals surface area (Å²) < 4.78 is 6.50. The van der Waals surface area contributed by atoms with Gasteiger partial charge in [0.05, 0.1) is 4.88 Å². The van der Waals surface area contributed by atoms with Gasteiger partial charge in [0.15, 0.2) is 5.82 Å². The molecule has 2 aromatic heterocycles. The van der Waals surface area contributed by atoms with Crippen LogP contribution in [0.25, 0.3) is 20.9 Å². The molecule has 0 aliphatic heterocycles. The van der Waals surface area contributed by atoms with Crippen molar-refractivity contribution in [3.8, 4) is 10.8 Å². The van der Waals surface area contributed by atoms with Crippen molar-refractivity contribution in [3.05, 3.63) is 36.2 Å². The summed E-state index contributed by atoms with van der Waals surface area (Å²) in [6, 6.07) is 10.3. The van der Waals surface area contributed by atoms with Gasteiger partial charge in [0.2, 0.25) is 0 Å². The number of fused-ring (bicyclic) bond motifs is 1. The molecule has 3 aromatic rings. The first-order valence-electron chi connectivity index (χ1n) is 5.79. The van der Waals surface area contributed by atoms with Crippen LogP contribution in [0.15, 0.2) is 34.9 Å². The van der Waals surface area contributed by atoms with E-state index >= 15 is 0 Å². The Morgan fingerprint density at radius 3 is 3.00 bits per heavy atom. The number of aromatic nitrogens is 2. The summed E-state index contributed by atoms with van der Waals surface area (Å²) in [6.45, 7) is 1.93. The lowest BCUT2D eigenvalue weighted by atomic mass is 10.2. The van der Waals surface area contributed by atoms with Gasteiger partial charge in [0, 0.05) is 17.2 Å². The molecule has 5 heteroatoms. The van der Waals surface area contributed by atoms with Gasteiger partial charge < -0.3 is 10.3 Å². The van der Waals surface area contributed by atoms with Crippen molar-refractivity contribution in [2.75, 3.05) is 0 Å². The van der Waals surface area contributed by atoms with Crippen LogP contribution in [-0.4, -0.2) is 16.2 Å². The zero-order valence-electron chi connectivity index (χ0n) is 9.96. The van der Waals surface area contributed by atoms with Crippen LogP contribution in [-0.2, 0) is 6.42 Å². The van der Waals surface area contributed by atoms with Crippen molar-refractivity contribution < 1.29 is 4.52 Å². The highest BCUT2D eigenvalue weighted by atomic mass is 32.1. The van der Waals surface area contributed by atoms with Crippen LogP contribution in [0.3, 0.4) is 0 Å². The quantitative estimate of drug-likeness (QED) is 0.785. The van der Waals surface area contributed by atoms with Gasteiger partial charge in [-0.1, -0.05) is 23.4 Å². The zero-order valence-corrected chi connectivity index (χ0v) is 10.8. The van der Waals surface area contributed by atoms with Crippen LogP contribution in [0, 0.1) is 0 Å². The average molecular weight is 259 g/mol. The van der Waals surface area contributed by atoms with E-state index in [0.717, 1.165) is 4.88 Å². The molecule has 1 aromatic carbocycles. The monoisotopic (exact) mass is 259 g/mol. The number of nitrogens with zero attached hydrogens (tertiary/aromatic N) is 2. The van der Waals surface area contributed by atoms with Crippen LogP contribution < -0.4 is 5.73 Å². The Bertz CT molecular complexity index is 638. The summed E-state index contributed by atoms with van der Waals surface area (Å²) >= 11 is 1.66. The van der Waals surface area contributed by atoms with Crippen molar-refractivity contribution in [2.45, 2.75) is 19.4 Å². The molecule has 2 heterocycles. The van der Waals surface area contributed by atoms with Gasteiger partial charge in [-0.2, -0.15) is 4.98 Å². The van der Waals surface area contributed by atoms with Gasteiger partial charge >= 0.3 is 0 Å². The number of thiophene rings is 1. The van der Waals surface area contributed by atoms with E-state index in [4.69, 9.17) is 10.3 Å². The van der Waals surface area contributed by atoms with E-state index in [2.05, 4.69) is 28.3 Å². The Morgan fingerprint density at radius 2 is 2.22 bits per heavy atom. The molecule has 0 amide bonds. The van der Waals surface area contributed by atoms with Crippen molar-refractivity contribution in [1.29, 1.82) is 0 Å². The number of hydrogen-bond donors (Lipinski definition) is 1. The van der Waals surface area contributed by atoms with Crippen molar-refractivity contribution >= 4 is 21.4 Å². The van der Waals surface area contributed by atoms with E-state index in [0.29, 0.717) is 18.1 Å². The third-order valence-corrected chi connectivity index (χ3v) is 3.71. The van der Waals surface area contributed by atoms with Gasteiger partial charge in [0.25, 0.3) is 5.89 Å². The van der Waals surface area contributed by atoms with Gasteiger partial charge in [0.1, 0.15) is 0 Å². The Balaban J connectivity index is 1.96. The summed E-state index contributed by atoms with van der Waals surface area (Å²) in [5.41, 5.74) is 5.71. The van der Waals surface area contributed by atoms with Gasteiger partial charge in [-0.15, -0.1) is 11.3 Å². The smallest absolute Gasteiger partial charge is 0.268 e. The highest BCUT2D eigenvalue weighted by Crippen LogP contribution is 2.32. The molecule has 0 saturated carbocycles. The van der Waals surface area contributed by atoms with Crippen molar-refractivity contribution in [1.82, 2.24) is 10.1 Å². The molecule has 0 fully saturated rings. The molecule has 0 bridgehead atoms. The molecule has 18 heavy (non-hydrogen) atoms. The summed E-state index contributed by atoms with van der Waals surface area (Å²) in [7, 11) is 0. The largest absolute Gasteiger partial charge is 0.333 e. The molecule has 0 aliphatic rings. The molecular weight excluding hydrogens is 246 g/mol. The van der Waals surface area contributed by atoms with E-state index in [-0.39, 0.29) is 6.04 Å². The average Bonchev–Trinajstić information content (AvgIpc) is 2.93. The summed E-state index contributed by atoms with van der Waals surface area (Å²) in [5.74, 6) is 1.24. The van der Waals surface area contributed by atoms with Crippen LogP contribution in [0.1, 0.15) is 12.7 Å². The Morgan fingerprint density at radius 1 is 1.39 bits per heavy atom. The van der Waals surface area contributed by atoms with Crippen molar-refractivity contribution in [2.24, 2.45) is 5.73 Å². The lowest BCUT2D eigenvalue weighted by Crippen LogP contribution is -2.18. The number of hydrogen-bond acceptors (Lipinski definition) is 5. The minimum Gasteiger partial charge on any atom is -0.333 e. The Hall–Kier alpha value is -1.72. The highest BCUT2D eigenvalue weighted by molar-refractivity contribution is 7.22. The van der Waals surface area contributed by atoms with Crippen LogP contribution in [0.5, 0.6) is 0 Å². The predicted molar refractivity (Wildman–Crippen MR) is 72.5 cm³/mol. The normalized spacial score (nSPS) is 13.0. The molecule has 4 nitrogen and oxygen atoms in total. The van der Waals surface area contributed by atoms with E-state index in [1.54, 1.807) is 11.3 Å². The number of benzene rings is 1. The van der Waals surface area contributed by atoms with E-state index in [1.807, 2.05) is 19.1 Å². The van der Waals surface area contributed by atoms with E-state index < -0.39 is 0 Å². The fourth-order valence-electron chi connectivity index (χ4n) is 1.81. The first-order valence-corrected chi connectivity index (χ1v) is 6.61. The fraction of sp³-hybridized carbons (Fsp3) is 0.231. The predicted octanol–water partition coefficient (Wildman–Crippen LogP) is 2.84. The molecule has 0 saturated heterocycles. The van der Waals surface area contributed by atoms with Crippen LogP contribution in [0.4, 0.5) is 0 Å². The molecule has 3 rings (SSSR count). The van der Waals surface area contributed by atoms with Crippen LogP contribution >= 0.6 is 11.3 Å². The minimum atomic E-state index is 0.0397. The maximum atomic E-state index is 5.71. The molecule has 2 N–H and O–H groups in total. The summed E-state index contributed by atoms with van der Waals surface area (Å²) in [6.07, 6.45) is 0.633. The second-order valence-corrected chi connectivity index (χ2v) is 5.43. The maximum absolute atomic E-state index is 5.71. The molecule has 0 aliphatic carbocycles. The van der Waals surface area contributed by atoms with Gasteiger partial charge in [-0.25, -0.2) is 0 Å². The summed E-state index contributed by atoms with van der Waals surface area (Å²) in [4.78, 5) is 5.37. The standard InChI is InChI=1S/C13H13N3OS/c1-8(14)6-12-15-13(17-16-12)11-7-9-4-2-3-5-10(9)18-11/h2-5,7-8H,6,14H2,1H3. The second kappa shape index (κ2) is 4.51. The van der Waals surface area contributed by atoms with E-state index in [1.165, 1.54) is 10.1 Å². The second-order valence-electron chi connectivity index (χ2n) is 4.35. The topological polar surface area (TPSA) is 64.9 Å². The molecule has 0 radical (unpaired) electrons. The van der Waals surface area contributed by atoms with E-state index in [9.17, 15) is 0 Å². The lowest BCUT2D eigenvalue weighted by molar-refractivity contribution is 0.421. The number of nitrogens with two attached hydrogens (primary N) is 1. The van der Waals surface area contributed by atoms with Gasteiger partial charge in [-0.3, -0.25) is 0 Å². The molecule has 1 unspecified atom stereocenters. The first kappa shape index (κ1) is 11.4. The van der Waals surface area contributed by atoms with Crippen LogP contribution in [0.2, 0.25) is 0 Å². The fourth-order valence-corrected chi connectivity index (χ4v) is 2.80. The maximum Gasteiger partial charge on any atom is 0.268 e. The SMILES string of the molecule is CC(N)Cc1noc(-c2cc3ccccc3s2)n1. The third-order valence-electron chi connectivity index (χ3n) is 2.61. The van der Waals surface area contributed by atoms with Crippen molar-refractivity contribution in [3.63, 3.8) is 0 Å². The molecule has 1 atom stereocenters. The Labute approximate surface area is 108 Å². The first-order chi connectivity index (χ1) is 8.72. The lowest BCUT2D eigenvalue weighted by Gasteiger charge is -1.96. The Kier molecular flexibility index (Phi) is 2.85. The molecule has 0 spiro atoms. The molecule has 92 valence electrons. The highest BCUT2D eigenvalue weighted by Gasteiger charge is 2.12. The number of rotatable bonds is 3. The molecular formula is C13H13N3OS. The summed E-state index contributed by atoms with van der Waals surface area (Å²) in [5, 5.41) is 5.14. The minimum absolute atomic E-state index is 0.0397.